The Morgan fingerprint density at radius 3 is 2.89 bits per heavy atom. The minimum atomic E-state index is -0.0862. The number of hydrogen-bond donors (Lipinski definition) is 1. The zero-order valence-electron chi connectivity index (χ0n) is 9.77. The predicted molar refractivity (Wildman–Crippen MR) is 73.5 cm³/mol. The van der Waals surface area contributed by atoms with Crippen LogP contribution in [0.25, 0.3) is 0 Å². The van der Waals surface area contributed by atoms with Gasteiger partial charge in [0.25, 0.3) is 5.91 Å². The number of halogens is 1. The first-order chi connectivity index (χ1) is 8.70. The highest BCUT2D eigenvalue weighted by molar-refractivity contribution is 7.12. The minimum Gasteiger partial charge on any atom is -0.497 e. The number of nitrogens with one attached hydrogen (secondary N) is 1. The van der Waals surface area contributed by atoms with Gasteiger partial charge in [-0.25, -0.2) is 0 Å². The lowest BCUT2D eigenvalue weighted by molar-refractivity contribution is 0.0955. The maximum atomic E-state index is 11.7. The Morgan fingerprint density at radius 2 is 2.28 bits per heavy atom. The average molecular weight is 282 g/mol. The number of benzene rings is 1. The zero-order chi connectivity index (χ0) is 13.0. The van der Waals surface area contributed by atoms with Gasteiger partial charge < -0.3 is 10.1 Å². The summed E-state index contributed by atoms with van der Waals surface area (Å²) in [7, 11) is 1.59. The summed E-state index contributed by atoms with van der Waals surface area (Å²) in [6.45, 7) is 0.402. The molecule has 0 fully saturated rings. The number of thiophene rings is 1. The number of carbonyl (C=O) groups is 1. The van der Waals surface area contributed by atoms with Gasteiger partial charge in [-0.1, -0.05) is 23.7 Å². The largest absolute Gasteiger partial charge is 0.497 e. The van der Waals surface area contributed by atoms with E-state index in [9.17, 15) is 4.79 Å². The van der Waals surface area contributed by atoms with E-state index in [2.05, 4.69) is 5.32 Å². The highest BCUT2D eigenvalue weighted by Crippen LogP contribution is 2.22. The second kappa shape index (κ2) is 5.89. The van der Waals surface area contributed by atoms with Crippen molar-refractivity contribution in [1.82, 2.24) is 5.32 Å². The van der Waals surface area contributed by atoms with Crippen LogP contribution in [0.2, 0.25) is 5.02 Å². The Labute approximate surface area is 114 Å². The molecule has 1 amide bonds. The van der Waals surface area contributed by atoms with Gasteiger partial charge >= 0.3 is 0 Å². The number of amides is 1. The van der Waals surface area contributed by atoms with Gasteiger partial charge in [-0.15, -0.1) is 11.3 Å². The molecule has 1 aromatic carbocycles. The van der Waals surface area contributed by atoms with Gasteiger partial charge in [0.1, 0.15) is 5.75 Å². The normalized spacial score (nSPS) is 10.1. The summed E-state index contributed by atoms with van der Waals surface area (Å²) in [6, 6.07) is 9.03. The molecule has 94 valence electrons. The third-order valence-electron chi connectivity index (χ3n) is 2.44. The molecule has 2 rings (SSSR count). The summed E-state index contributed by atoms with van der Waals surface area (Å²) in [4.78, 5) is 12.4. The molecule has 0 aliphatic carbocycles. The van der Waals surface area contributed by atoms with E-state index in [1.54, 1.807) is 19.2 Å². The molecule has 0 aliphatic heterocycles. The molecule has 0 unspecified atom stereocenters. The second-order valence-corrected chi connectivity index (χ2v) is 4.97. The Bertz CT molecular complexity index is 540. The maximum Gasteiger partial charge on any atom is 0.261 e. The number of carbonyl (C=O) groups excluding carboxylic acids is 1. The van der Waals surface area contributed by atoms with Gasteiger partial charge in [0.15, 0.2) is 0 Å². The fourth-order valence-electron chi connectivity index (χ4n) is 1.47. The summed E-state index contributed by atoms with van der Waals surface area (Å²) in [5.41, 5.74) is 0.863. The van der Waals surface area contributed by atoms with Gasteiger partial charge in [0.05, 0.1) is 12.0 Å². The molecule has 0 bridgehead atoms. The Kier molecular flexibility index (Phi) is 4.23. The van der Waals surface area contributed by atoms with Crippen molar-refractivity contribution in [2.24, 2.45) is 0 Å². The standard InChI is InChI=1S/C13H12ClNO2S/c1-17-10-5-4-9(11(14)7-10)8-15-13(16)12-3-2-6-18-12/h2-7H,8H2,1H3,(H,15,16). The Hall–Kier alpha value is -1.52. The predicted octanol–water partition coefficient (Wildman–Crippen LogP) is 3.34. The van der Waals surface area contributed by atoms with Crippen molar-refractivity contribution >= 4 is 28.8 Å². The Balaban J connectivity index is 2.00. The third-order valence-corrected chi connectivity index (χ3v) is 3.67. The zero-order valence-corrected chi connectivity index (χ0v) is 11.3. The first-order valence-electron chi connectivity index (χ1n) is 5.35. The van der Waals surface area contributed by atoms with E-state index in [1.165, 1.54) is 11.3 Å². The molecule has 1 aromatic heterocycles. The van der Waals surface area contributed by atoms with Crippen LogP contribution >= 0.6 is 22.9 Å². The van der Waals surface area contributed by atoms with E-state index in [4.69, 9.17) is 16.3 Å². The summed E-state index contributed by atoms with van der Waals surface area (Å²) in [5, 5.41) is 5.28. The van der Waals surface area contributed by atoms with Crippen LogP contribution < -0.4 is 10.1 Å². The summed E-state index contributed by atoms with van der Waals surface area (Å²) in [6.07, 6.45) is 0. The molecule has 5 heteroatoms. The lowest BCUT2D eigenvalue weighted by Gasteiger charge is -2.07. The molecule has 2 aromatic rings. The number of rotatable bonds is 4. The van der Waals surface area contributed by atoms with Crippen LogP contribution in [0.3, 0.4) is 0 Å². The topological polar surface area (TPSA) is 38.3 Å². The van der Waals surface area contributed by atoms with E-state index in [0.29, 0.717) is 22.2 Å². The van der Waals surface area contributed by atoms with E-state index in [-0.39, 0.29) is 5.91 Å². The van der Waals surface area contributed by atoms with Crippen molar-refractivity contribution in [3.05, 3.63) is 51.2 Å². The van der Waals surface area contributed by atoms with E-state index in [0.717, 1.165) is 5.56 Å². The van der Waals surface area contributed by atoms with Gasteiger partial charge in [0, 0.05) is 11.6 Å². The molecule has 18 heavy (non-hydrogen) atoms. The molecule has 0 radical (unpaired) electrons. The monoisotopic (exact) mass is 281 g/mol. The van der Waals surface area contributed by atoms with Gasteiger partial charge in [0.2, 0.25) is 0 Å². The van der Waals surface area contributed by atoms with Crippen molar-refractivity contribution < 1.29 is 9.53 Å². The van der Waals surface area contributed by atoms with Crippen LogP contribution in [0.1, 0.15) is 15.2 Å². The molecule has 1 N–H and O–H groups in total. The van der Waals surface area contributed by atoms with Crippen LogP contribution in [-0.2, 0) is 6.54 Å². The lowest BCUT2D eigenvalue weighted by atomic mass is 10.2. The molecule has 0 aliphatic rings. The fraction of sp³-hybridized carbons (Fsp3) is 0.154. The summed E-state index contributed by atoms with van der Waals surface area (Å²) < 4.78 is 5.06. The highest BCUT2D eigenvalue weighted by Gasteiger charge is 2.07. The molecule has 0 spiro atoms. The van der Waals surface area contributed by atoms with Crippen LogP contribution in [0, 0.1) is 0 Å². The molecule has 1 heterocycles. The molecule has 0 saturated carbocycles. The lowest BCUT2D eigenvalue weighted by Crippen LogP contribution is -2.21. The molecular weight excluding hydrogens is 270 g/mol. The molecule has 0 atom stereocenters. The van der Waals surface area contributed by atoms with E-state index in [1.807, 2.05) is 23.6 Å². The van der Waals surface area contributed by atoms with Crippen molar-refractivity contribution in [3.8, 4) is 5.75 Å². The van der Waals surface area contributed by atoms with Crippen molar-refractivity contribution in [3.63, 3.8) is 0 Å². The van der Waals surface area contributed by atoms with Crippen LogP contribution in [0.15, 0.2) is 35.7 Å². The number of hydrogen-bond acceptors (Lipinski definition) is 3. The van der Waals surface area contributed by atoms with Crippen molar-refractivity contribution in [2.75, 3.05) is 7.11 Å². The number of methoxy groups -OCH3 is 1. The second-order valence-electron chi connectivity index (χ2n) is 3.62. The summed E-state index contributed by atoms with van der Waals surface area (Å²) in [5.74, 6) is 0.616. The quantitative estimate of drug-likeness (QED) is 0.933. The summed E-state index contributed by atoms with van der Waals surface area (Å²) >= 11 is 7.50. The smallest absolute Gasteiger partial charge is 0.261 e. The van der Waals surface area contributed by atoms with Gasteiger partial charge in [-0.2, -0.15) is 0 Å². The number of ether oxygens (including phenoxy) is 1. The molecular formula is C13H12ClNO2S. The van der Waals surface area contributed by atoms with Crippen LogP contribution in [0.5, 0.6) is 5.75 Å². The molecule has 3 nitrogen and oxygen atoms in total. The van der Waals surface area contributed by atoms with Gasteiger partial charge in [-0.05, 0) is 29.1 Å². The van der Waals surface area contributed by atoms with Crippen molar-refractivity contribution in [2.45, 2.75) is 6.54 Å². The van der Waals surface area contributed by atoms with Crippen LogP contribution in [0.4, 0.5) is 0 Å². The first kappa shape index (κ1) is 12.9. The van der Waals surface area contributed by atoms with Crippen LogP contribution in [-0.4, -0.2) is 13.0 Å². The first-order valence-corrected chi connectivity index (χ1v) is 6.60. The molecule has 0 saturated heterocycles. The van der Waals surface area contributed by atoms with E-state index >= 15 is 0 Å². The van der Waals surface area contributed by atoms with E-state index < -0.39 is 0 Å². The SMILES string of the molecule is COc1ccc(CNC(=O)c2cccs2)c(Cl)c1. The third kappa shape index (κ3) is 3.03. The Morgan fingerprint density at radius 1 is 1.44 bits per heavy atom. The average Bonchev–Trinajstić information content (AvgIpc) is 2.90. The van der Waals surface area contributed by atoms with Gasteiger partial charge in [-0.3, -0.25) is 4.79 Å². The minimum absolute atomic E-state index is 0.0862. The maximum absolute atomic E-state index is 11.7. The highest BCUT2D eigenvalue weighted by atomic mass is 35.5. The van der Waals surface area contributed by atoms with Crippen molar-refractivity contribution in [1.29, 1.82) is 0 Å². The fourth-order valence-corrected chi connectivity index (χ4v) is 2.35.